The second kappa shape index (κ2) is 2.76. The van der Waals surface area contributed by atoms with E-state index in [1.54, 1.807) is 0 Å². The fourth-order valence-electron chi connectivity index (χ4n) is 2.59. The summed E-state index contributed by atoms with van der Waals surface area (Å²) in [5, 5.41) is 0. The Morgan fingerprint density at radius 3 is 2.55 bits per heavy atom. The maximum absolute atomic E-state index is 5.99. The molecule has 3 rings (SSSR count). The van der Waals surface area contributed by atoms with Gasteiger partial charge in [-0.25, -0.2) is 0 Å². The van der Waals surface area contributed by atoms with Gasteiger partial charge in [0.05, 0.1) is 6.17 Å². The second-order valence-electron chi connectivity index (χ2n) is 3.90. The van der Waals surface area contributed by atoms with Crippen molar-refractivity contribution in [2.75, 3.05) is 0 Å². The molecule has 11 heavy (non-hydrogen) atoms. The Bertz CT molecular complexity index is 130. The molecule has 3 aliphatic rings. The lowest BCUT2D eigenvalue weighted by Gasteiger charge is -2.55. The molecule has 2 aliphatic heterocycles. The van der Waals surface area contributed by atoms with Gasteiger partial charge in [0.1, 0.15) is 0 Å². The molecule has 2 saturated heterocycles. The minimum absolute atomic E-state index is 0.346. The van der Waals surface area contributed by atoms with Crippen LogP contribution >= 0.6 is 0 Å². The number of hydrogen-bond donors (Lipinski definition) is 1. The molecule has 1 saturated carbocycles. The van der Waals surface area contributed by atoms with Crippen LogP contribution in [0.2, 0.25) is 0 Å². The Hall–Kier alpha value is -0.0800. The predicted octanol–water partition coefficient (Wildman–Crippen LogP) is 1.31. The predicted molar refractivity (Wildman–Crippen MR) is 46.1 cm³/mol. The molecule has 0 amide bonds. The lowest BCUT2D eigenvalue weighted by molar-refractivity contribution is -0.0608. The minimum Gasteiger partial charge on any atom is -0.316 e. The SMILES string of the molecule is CCC(N)N1C2CCCC1C2. The molecule has 2 nitrogen and oxygen atoms in total. The number of rotatable bonds is 2. The summed E-state index contributed by atoms with van der Waals surface area (Å²) >= 11 is 0. The maximum Gasteiger partial charge on any atom is 0.0574 e. The third-order valence-electron chi connectivity index (χ3n) is 3.26. The molecule has 3 atom stereocenters. The third-order valence-corrected chi connectivity index (χ3v) is 3.26. The van der Waals surface area contributed by atoms with E-state index in [0.717, 1.165) is 18.5 Å². The average molecular weight is 154 g/mol. The number of piperidine rings is 1. The molecule has 3 unspecified atom stereocenters. The van der Waals surface area contributed by atoms with Crippen LogP contribution in [0.25, 0.3) is 0 Å². The van der Waals surface area contributed by atoms with E-state index >= 15 is 0 Å². The van der Waals surface area contributed by atoms with Crippen molar-refractivity contribution < 1.29 is 0 Å². The summed E-state index contributed by atoms with van der Waals surface area (Å²) in [5.41, 5.74) is 5.99. The summed E-state index contributed by atoms with van der Waals surface area (Å²) in [6.45, 7) is 2.18. The van der Waals surface area contributed by atoms with Gasteiger partial charge >= 0.3 is 0 Å². The largest absolute Gasteiger partial charge is 0.316 e. The highest BCUT2D eigenvalue weighted by molar-refractivity contribution is 4.98. The van der Waals surface area contributed by atoms with E-state index in [-0.39, 0.29) is 0 Å². The molecule has 1 aliphatic carbocycles. The van der Waals surface area contributed by atoms with Crippen LogP contribution < -0.4 is 5.73 Å². The molecule has 0 aromatic carbocycles. The van der Waals surface area contributed by atoms with Crippen molar-refractivity contribution in [3.8, 4) is 0 Å². The van der Waals surface area contributed by atoms with E-state index in [9.17, 15) is 0 Å². The number of nitrogens with zero attached hydrogens (tertiary/aromatic N) is 1. The zero-order chi connectivity index (χ0) is 7.84. The van der Waals surface area contributed by atoms with E-state index in [1.807, 2.05) is 0 Å². The molecule has 2 bridgehead atoms. The summed E-state index contributed by atoms with van der Waals surface area (Å²) in [4.78, 5) is 2.53. The first-order chi connectivity index (χ1) is 5.33. The van der Waals surface area contributed by atoms with E-state index in [1.165, 1.54) is 25.7 Å². The second-order valence-corrected chi connectivity index (χ2v) is 3.90. The summed E-state index contributed by atoms with van der Waals surface area (Å²) in [6, 6.07) is 1.70. The first kappa shape index (κ1) is 7.56. The summed E-state index contributed by atoms with van der Waals surface area (Å²) < 4.78 is 0. The first-order valence-electron chi connectivity index (χ1n) is 4.86. The van der Waals surface area contributed by atoms with Crippen LogP contribution in [0.3, 0.4) is 0 Å². The van der Waals surface area contributed by atoms with Crippen molar-refractivity contribution in [2.24, 2.45) is 5.73 Å². The van der Waals surface area contributed by atoms with Crippen molar-refractivity contribution in [1.29, 1.82) is 0 Å². The molecule has 0 radical (unpaired) electrons. The van der Waals surface area contributed by atoms with Crippen molar-refractivity contribution in [2.45, 2.75) is 57.3 Å². The average Bonchev–Trinajstić information content (AvgIpc) is 2.05. The van der Waals surface area contributed by atoms with Crippen LogP contribution in [-0.2, 0) is 0 Å². The molecular weight excluding hydrogens is 136 g/mol. The van der Waals surface area contributed by atoms with Crippen LogP contribution in [0.1, 0.15) is 39.0 Å². The monoisotopic (exact) mass is 154 g/mol. The highest BCUT2D eigenvalue weighted by Crippen LogP contribution is 2.38. The minimum atomic E-state index is 0.346. The molecule has 0 aromatic rings. The van der Waals surface area contributed by atoms with Crippen LogP contribution in [0, 0.1) is 0 Å². The molecule has 3 fully saturated rings. The lowest BCUT2D eigenvalue weighted by Crippen LogP contribution is -2.64. The zero-order valence-corrected chi connectivity index (χ0v) is 7.29. The highest BCUT2D eigenvalue weighted by atomic mass is 15.3. The molecular formula is C9H18N2. The summed E-state index contributed by atoms with van der Waals surface area (Å²) in [6.07, 6.45) is 7.09. The van der Waals surface area contributed by atoms with Crippen molar-refractivity contribution in [3.63, 3.8) is 0 Å². The van der Waals surface area contributed by atoms with Gasteiger partial charge in [-0.1, -0.05) is 13.3 Å². The normalized spacial score (nSPS) is 39.8. The van der Waals surface area contributed by atoms with Crippen molar-refractivity contribution >= 4 is 0 Å². The van der Waals surface area contributed by atoms with Gasteiger partial charge in [-0.05, 0) is 25.7 Å². The first-order valence-corrected chi connectivity index (χ1v) is 4.86. The maximum atomic E-state index is 5.99. The molecule has 64 valence electrons. The number of hydrogen-bond acceptors (Lipinski definition) is 2. The smallest absolute Gasteiger partial charge is 0.0574 e. The highest BCUT2D eigenvalue weighted by Gasteiger charge is 2.43. The van der Waals surface area contributed by atoms with Gasteiger partial charge in [-0.2, -0.15) is 0 Å². The quantitative estimate of drug-likeness (QED) is 0.649. The fourth-order valence-corrected chi connectivity index (χ4v) is 2.59. The Kier molecular flexibility index (Phi) is 1.90. The van der Waals surface area contributed by atoms with Crippen LogP contribution in [-0.4, -0.2) is 23.1 Å². The topological polar surface area (TPSA) is 29.3 Å². The Morgan fingerprint density at radius 2 is 2.09 bits per heavy atom. The summed E-state index contributed by atoms with van der Waals surface area (Å²) in [5.74, 6) is 0. The van der Waals surface area contributed by atoms with Crippen LogP contribution in [0.15, 0.2) is 0 Å². The van der Waals surface area contributed by atoms with E-state index in [4.69, 9.17) is 5.73 Å². The molecule has 0 spiro atoms. The Morgan fingerprint density at radius 1 is 1.45 bits per heavy atom. The summed E-state index contributed by atoms with van der Waals surface area (Å²) in [7, 11) is 0. The van der Waals surface area contributed by atoms with Gasteiger partial charge in [0.2, 0.25) is 0 Å². The number of fused-ring (bicyclic) bond motifs is 2. The molecule has 2 heterocycles. The van der Waals surface area contributed by atoms with E-state index in [0.29, 0.717) is 6.17 Å². The van der Waals surface area contributed by atoms with Crippen molar-refractivity contribution in [3.05, 3.63) is 0 Å². The third kappa shape index (κ3) is 1.09. The molecule has 2 heteroatoms. The number of nitrogens with two attached hydrogens (primary N) is 1. The van der Waals surface area contributed by atoms with Gasteiger partial charge in [-0.3, -0.25) is 4.90 Å². The van der Waals surface area contributed by atoms with Crippen molar-refractivity contribution in [1.82, 2.24) is 4.90 Å². The van der Waals surface area contributed by atoms with Gasteiger partial charge < -0.3 is 5.73 Å². The van der Waals surface area contributed by atoms with Gasteiger partial charge in [-0.15, -0.1) is 0 Å². The van der Waals surface area contributed by atoms with Crippen LogP contribution in [0.5, 0.6) is 0 Å². The van der Waals surface area contributed by atoms with Gasteiger partial charge in [0.15, 0.2) is 0 Å². The zero-order valence-electron chi connectivity index (χ0n) is 7.29. The van der Waals surface area contributed by atoms with E-state index in [2.05, 4.69) is 11.8 Å². The van der Waals surface area contributed by atoms with Gasteiger partial charge in [0.25, 0.3) is 0 Å². The van der Waals surface area contributed by atoms with E-state index < -0.39 is 0 Å². The molecule has 0 aromatic heterocycles. The Labute approximate surface area is 68.7 Å². The standard InChI is InChI=1S/C9H18N2/c1-2-9(10)11-7-4-3-5-8(11)6-7/h7-9H,2-6,10H2,1H3. The lowest BCUT2D eigenvalue weighted by atomic mass is 9.79. The fraction of sp³-hybridized carbons (Fsp3) is 1.00. The van der Waals surface area contributed by atoms with Gasteiger partial charge in [0, 0.05) is 12.1 Å². The molecule has 2 N–H and O–H groups in total. The van der Waals surface area contributed by atoms with Crippen LogP contribution in [0.4, 0.5) is 0 Å². The Balaban J connectivity index is 1.95.